The first-order chi connectivity index (χ1) is 12.1. The van der Waals surface area contributed by atoms with Crippen LogP contribution in [0.15, 0.2) is 54.6 Å². The van der Waals surface area contributed by atoms with E-state index in [0.717, 1.165) is 21.8 Å². The van der Waals surface area contributed by atoms with Crippen LogP contribution in [0.2, 0.25) is 0 Å². The highest BCUT2D eigenvalue weighted by Gasteiger charge is 2.21. The lowest BCUT2D eigenvalue weighted by molar-refractivity contribution is 0.0756. The van der Waals surface area contributed by atoms with Crippen molar-refractivity contribution in [3.63, 3.8) is 0 Å². The summed E-state index contributed by atoms with van der Waals surface area (Å²) in [5, 5.41) is 0.836. The zero-order chi connectivity index (χ0) is 17.8. The van der Waals surface area contributed by atoms with E-state index >= 15 is 0 Å². The molecule has 0 saturated heterocycles. The standard InChI is InChI=1S/C20H19FN2OS/c1-3-23(13-15-8-7-11-17(21)12-15)20(24)18-14(2)22-19(25-18)16-9-5-4-6-10-16/h4-12H,3,13H2,1-2H3. The maximum atomic E-state index is 13.4. The quantitative estimate of drug-likeness (QED) is 0.651. The minimum Gasteiger partial charge on any atom is -0.334 e. The van der Waals surface area contributed by atoms with Gasteiger partial charge in [0.25, 0.3) is 5.91 Å². The second-order valence-corrected chi connectivity index (χ2v) is 6.75. The van der Waals surface area contributed by atoms with Crippen LogP contribution in [-0.4, -0.2) is 22.3 Å². The maximum Gasteiger partial charge on any atom is 0.266 e. The van der Waals surface area contributed by atoms with Crippen LogP contribution >= 0.6 is 11.3 Å². The van der Waals surface area contributed by atoms with Crippen LogP contribution in [0.3, 0.4) is 0 Å². The minimum atomic E-state index is -0.290. The maximum absolute atomic E-state index is 13.4. The van der Waals surface area contributed by atoms with Crippen molar-refractivity contribution in [3.8, 4) is 10.6 Å². The summed E-state index contributed by atoms with van der Waals surface area (Å²) < 4.78 is 13.4. The summed E-state index contributed by atoms with van der Waals surface area (Å²) in [6, 6.07) is 16.2. The molecule has 1 aromatic heterocycles. The molecule has 0 radical (unpaired) electrons. The Labute approximate surface area is 150 Å². The Morgan fingerprint density at radius 1 is 1.16 bits per heavy atom. The molecule has 25 heavy (non-hydrogen) atoms. The highest BCUT2D eigenvalue weighted by Crippen LogP contribution is 2.29. The van der Waals surface area contributed by atoms with Gasteiger partial charge in [-0.15, -0.1) is 11.3 Å². The van der Waals surface area contributed by atoms with Crippen molar-refractivity contribution < 1.29 is 9.18 Å². The Balaban J connectivity index is 1.85. The third-order valence-corrected chi connectivity index (χ3v) is 5.14. The number of hydrogen-bond acceptors (Lipinski definition) is 3. The van der Waals surface area contributed by atoms with Crippen LogP contribution in [0.4, 0.5) is 4.39 Å². The van der Waals surface area contributed by atoms with Gasteiger partial charge in [0.15, 0.2) is 0 Å². The van der Waals surface area contributed by atoms with Gasteiger partial charge in [0.2, 0.25) is 0 Å². The molecule has 0 N–H and O–H groups in total. The summed E-state index contributed by atoms with van der Waals surface area (Å²) >= 11 is 1.40. The molecule has 0 aliphatic carbocycles. The van der Waals surface area contributed by atoms with Gasteiger partial charge >= 0.3 is 0 Å². The molecule has 1 heterocycles. The molecule has 0 saturated carbocycles. The predicted octanol–water partition coefficient (Wildman–Crippen LogP) is 4.92. The molecule has 3 aromatic rings. The first-order valence-electron chi connectivity index (χ1n) is 8.15. The normalized spacial score (nSPS) is 10.7. The lowest BCUT2D eigenvalue weighted by Gasteiger charge is -2.20. The Morgan fingerprint density at radius 2 is 1.92 bits per heavy atom. The topological polar surface area (TPSA) is 33.2 Å². The Hall–Kier alpha value is -2.53. The van der Waals surface area contributed by atoms with Gasteiger partial charge in [0.1, 0.15) is 15.7 Å². The van der Waals surface area contributed by atoms with Crippen molar-refractivity contribution in [1.82, 2.24) is 9.88 Å². The molecular formula is C20H19FN2OS. The van der Waals surface area contributed by atoms with Gasteiger partial charge in [-0.1, -0.05) is 42.5 Å². The molecule has 0 spiro atoms. The van der Waals surface area contributed by atoms with E-state index in [1.165, 1.54) is 23.5 Å². The SMILES string of the molecule is CCN(Cc1cccc(F)c1)C(=O)c1sc(-c2ccccc2)nc1C. The third kappa shape index (κ3) is 3.94. The Kier molecular flexibility index (Phi) is 5.24. The molecular weight excluding hydrogens is 335 g/mol. The summed E-state index contributed by atoms with van der Waals surface area (Å²) in [5.41, 5.74) is 2.51. The van der Waals surface area contributed by atoms with Gasteiger partial charge in [-0.25, -0.2) is 9.37 Å². The number of thiazole rings is 1. The van der Waals surface area contributed by atoms with E-state index < -0.39 is 0 Å². The molecule has 3 nitrogen and oxygen atoms in total. The predicted molar refractivity (Wildman–Crippen MR) is 99.1 cm³/mol. The molecule has 2 aromatic carbocycles. The number of nitrogens with zero attached hydrogens (tertiary/aromatic N) is 2. The van der Waals surface area contributed by atoms with E-state index in [2.05, 4.69) is 4.98 Å². The number of carbonyl (C=O) groups is 1. The Bertz CT molecular complexity index is 876. The lowest BCUT2D eigenvalue weighted by atomic mass is 10.2. The highest BCUT2D eigenvalue weighted by molar-refractivity contribution is 7.17. The van der Waals surface area contributed by atoms with Crippen LogP contribution in [0.25, 0.3) is 10.6 Å². The molecule has 0 unspecified atom stereocenters. The molecule has 128 valence electrons. The fourth-order valence-corrected chi connectivity index (χ4v) is 3.67. The average molecular weight is 354 g/mol. The van der Waals surface area contributed by atoms with Gasteiger partial charge in [0, 0.05) is 18.7 Å². The highest BCUT2D eigenvalue weighted by atomic mass is 32.1. The van der Waals surface area contributed by atoms with E-state index in [1.807, 2.05) is 50.2 Å². The largest absolute Gasteiger partial charge is 0.334 e. The van der Waals surface area contributed by atoms with Crippen LogP contribution in [-0.2, 0) is 6.54 Å². The molecule has 0 atom stereocenters. The zero-order valence-electron chi connectivity index (χ0n) is 14.2. The van der Waals surface area contributed by atoms with Gasteiger partial charge in [0.05, 0.1) is 5.69 Å². The number of halogens is 1. The summed E-state index contributed by atoms with van der Waals surface area (Å²) in [5.74, 6) is -0.356. The average Bonchev–Trinajstić information content (AvgIpc) is 3.02. The summed E-state index contributed by atoms with van der Waals surface area (Å²) in [4.78, 5) is 19.8. The third-order valence-electron chi connectivity index (χ3n) is 3.94. The zero-order valence-corrected chi connectivity index (χ0v) is 15.0. The molecule has 1 amide bonds. The molecule has 0 aliphatic heterocycles. The smallest absolute Gasteiger partial charge is 0.266 e. The monoisotopic (exact) mass is 354 g/mol. The fraction of sp³-hybridized carbons (Fsp3) is 0.200. The lowest BCUT2D eigenvalue weighted by Crippen LogP contribution is -2.30. The van der Waals surface area contributed by atoms with Gasteiger partial charge < -0.3 is 4.90 Å². The van der Waals surface area contributed by atoms with E-state index in [9.17, 15) is 9.18 Å². The second-order valence-electron chi connectivity index (χ2n) is 5.75. The minimum absolute atomic E-state index is 0.0658. The van der Waals surface area contributed by atoms with Crippen molar-refractivity contribution >= 4 is 17.2 Å². The number of aryl methyl sites for hydroxylation is 1. The van der Waals surface area contributed by atoms with Crippen molar-refractivity contribution in [1.29, 1.82) is 0 Å². The molecule has 0 aliphatic rings. The van der Waals surface area contributed by atoms with Crippen LogP contribution in [0.5, 0.6) is 0 Å². The van der Waals surface area contributed by atoms with Crippen molar-refractivity contribution in [3.05, 3.63) is 76.5 Å². The molecule has 0 bridgehead atoms. The first kappa shape index (κ1) is 17.3. The summed E-state index contributed by atoms with van der Waals surface area (Å²) in [6.07, 6.45) is 0. The summed E-state index contributed by atoms with van der Waals surface area (Å²) in [6.45, 7) is 4.70. The number of hydrogen-bond donors (Lipinski definition) is 0. The number of benzene rings is 2. The summed E-state index contributed by atoms with van der Waals surface area (Å²) in [7, 11) is 0. The first-order valence-corrected chi connectivity index (χ1v) is 8.96. The Morgan fingerprint density at radius 3 is 2.60 bits per heavy atom. The van der Waals surface area contributed by atoms with E-state index in [-0.39, 0.29) is 11.7 Å². The fourth-order valence-electron chi connectivity index (χ4n) is 2.63. The second kappa shape index (κ2) is 7.57. The van der Waals surface area contributed by atoms with Crippen molar-refractivity contribution in [2.75, 3.05) is 6.54 Å². The van der Waals surface area contributed by atoms with Gasteiger partial charge in [-0.3, -0.25) is 4.79 Å². The van der Waals surface area contributed by atoms with E-state index in [4.69, 9.17) is 0 Å². The van der Waals surface area contributed by atoms with E-state index in [1.54, 1.807) is 11.0 Å². The van der Waals surface area contributed by atoms with Crippen molar-refractivity contribution in [2.24, 2.45) is 0 Å². The van der Waals surface area contributed by atoms with E-state index in [0.29, 0.717) is 18.0 Å². The molecule has 3 rings (SSSR count). The number of carbonyl (C=O) groups excluding carboxylic acids is 1. The number of rotatable bonds is 5. The van der Waals surface area contributed by atoms with Crippen molar-refractivity contribution in [2.45, 2.75) is 20.4 Å². The molecule has 0 fully saturated rings. The number of aromatic nitrogens is 1. The van der Waals surface area contributed by atoms with Gasteiger partial charge in [-0.05, 0) is 31.5 Å². The van der Waals surface area contributed by atoms with Crippen LogP contribution in [0, 0.1) is 12.7 Å². The number of amides is 1. The molecule has 5 heteroatoms. The van der Waals surface area contributed by atoms with Gasteiger partial charge in [-0.2, -0.15) is 0 Å². The van der Waals surface area contributed by atoms with Crippen LogP contribution in [0.1, 0.15) is 27.9 Å². The van der Waals surface area contributed by atoms with Crippen LogP contribution < -0.4 is 0 Å².